The Labute approximate surface area is 98.0 Å². The molecule has 0 bridgehead atoms. The van der Waals surface area contributed by atoms with Gasteiger partial charge in [0.2, 0.25) is 0 Å². The van der Waals surface area contributed by atoms with Crippen molar-refractivity contribution >= 4 is 10.2 Å². The minimum atomic E-state index is -3.19. The van der Waals surface area contributed by atoms with Gasteiger partial charge in [0.1, 0.15) is 0 Å². The van der Waals surface area contributed by atoms with Gasteiger partial charge >= 0.3 is 0 Å². The maximum absolute atomic E-state index is 12.3. The van der Waals surface area contributed by atoms with Crippen molar-refractivity contribution in [3.05, 3.63) is 0 Å². The Hall–Kier alpha value is -0.170. The molecule has 6 heteroatoms. The summed E-state index contributed by atoms with van der Waals surface area (Å²) in [4.78, 5) is 0. The van der Waals surface area contributed by atoms with Crippen molar-refractivity contribution in [2.24, 2.45) is 0 Å². The molecule has 16 heavy (non-hydrogen) atoms. The van der Waals surface area contributed by atoms with E-state index in [1.54, 1.807) is 8.61 Å². The van der Waals surface area contributed by atoms with Gasteiger partial charge in [-0.05, 0) is 19.8 Å². The summed E-state index contributed by atoms with van der Waals surface area (Å²) in [6, 6.07) is 0.258. The highest BCUT2D eigenvalue weighted by Crippen LogP contribution is 2.17. The first kappa shape index (κ1) is 12.3. The van der Waals surface area contributed by atoms with E-state index < -0.39 is 10.2 Å². The molecule has 0 aromatic heterocycles. The third-order valence-corrected chi connectivity index (χ3v) is 5.30. The molecule has 0 amide bonds. The maximum atomic E-state index is 12.3. The van der Waals surface area contributed by atoms with Crippen LogP contribution in [0.25, 0.3) is 0 Å². The summed E-state index contributed by atoms with van der Waals surface area (Å²) in [6.07, 6.45) is 3.16. The van der Waals surface area contributed by atoms with Crippen molar-refractivity contribution in [1.82, 2.24) is 13.9 Å². The molecule has 5 nitrogen and oxygen atoms in total. The second kappa shape index (κ2) is 5.00. The van der Waals surface area contributed by atoms with Crippen molar-refractivity contribution < 1.29 is 8.42 Å². The fourth-order valence-electron chi connectivity index (χ4n) is 2.37. The van der Waals surface area contributed by atoms with E-state index >= 15 is 0 Å². The van der Waals surface area contributed by atoms with E-state index in [4.69, 9.17) is 0 Å². The van der Waals surface area contributed by atoms with Crippen molar-refractivity contribution in [3.8, 4) is 0 Å². The first-order valence-corrected chi connectivity index (χ1v) is 7.49. The summed E-state index contributed by atoms with van der Waals surface area (Å²) >= 11 is 0. The van der Waals surface area contributed by atoms with Crippen LogP contribution >= 0.6 is 0 Å². The van der Waals surface area contributed by atoms with Gasteiger partial charge in [-0.1, -0.05) is 6.42 Å². The maximum Gasteiger partial charge on any atom is 0.282 e. The zero-order valence-electron chi connectivity index (χ0n) is 9.85. The van der Waals surface area contributed by atoms with E-state index in [0.29, 0.717) is 26.2 Å². The van der Waals surface area contributed by atoms with Crippen LogP contribution in [0.4, 0.5) is 0 Å². The number of nitrogens with one attached hydrogen (secondary N) is 1. The Morgan fingerprint density at radius 2 is 1.75 bits per heavy atom. The summed E-state index contributed by atoms with van der Waals surface area (Å²) in [5.41, 5.74) is 0. The van der Waals surface area contributed by atoms with Crippen LogP contribution < -0.4 is 5.32 Å². The van der Waals surface area contributed by atoms with E-state index in [1.807, 2.05) is 6.92 Å². The van der Waals surface area contributed by atoms with Gasteiger partial charge in [0.05, 0.1) is 0 Å². The van der Waals surface area contributed by atoms with Gasteiger partial charge in [0.15, 0.2) is 0 Å². The molecule has 2 aliphatic heterocycles. The average Bonchev–Trinajstić information content (AvgIpc) is 2.30. The summed E-state index contributed by atoms with van der Waals surface area (Å²) in [5.74, 6) is 0. The molecule has 2 aliphatic rings. The minimum Gasteiger partial charge on any atom is -0.312 e. The molecule has 2 fully saturated rings. The van der Waals surface area contributed by atoms with E-state index in [2.05, 4.69) is 5.32 Å². The van der Waals surface area contributed by atoms with Crippen molar-refractivity contribution in [2.75, 3.05) is 32.7 Å². The predicted molar refractivity (Wildman–Crippen MR) is 63.4 cm³/mol. The van der Waals surface area contributed by atoms with Crippen LogP contribution in [0.15, 0.2) is 0 Å². The monoisotopic (exact) mass is 247 g/mol. The molecule has 2 rings (SSSR count). The molecule has 1 N–H and O–H groups in total. The summed E-state index contributed by atoms with van der Waals surface area (Å²) < 4.78 is 27.9. The molecule has 0 spiro atoms. The van der Waals surface area contributed by atoms with Crippen molar-refractivity contribution in [1.29, 1.82) is 0 Å². The van der Waals surface area contributed by atoms with Crippen molar-refractivity contribution in [2.45, 2.75) is 32.2 Å². The molecule has 0 aromatic rings. The smallest absolute Gasteiger partial charge is 0.282 e. The molecule has 0 saturated carbocycles. The van der Waals surface area contributed by atoms with E-state index in [1.165, 1.54) is 0 Å². The lowest BCUT2D eigenvalue weighted by Gasteiger charge is -2.36. The summed E-state index contributed by atoms with van der Waals surface area (Å²) in [5, 5.41) is 3.26. The van der Waals surface area contributed by atoms with Crippen LogP contribution in [0.1, 0.15) is 26.2 Å². The normalized spacial score (nSPS) is 30.4. The van der Waals surface area contributed by atoms with Crippen LogP contribution in [-0.4, -0.2) is 55.8 Å². The highest BCUT2D eigenvalue weighted by atomic mass is 32.2. The lowest BCUT2D eigenvalue weighted by atomic mass is 10.2. The van der Waals surface area contributed by atoms with E-state index in [0.717, 1.165) is 25.8 Å². The summed E-state index contributed by atoms with van der Waals surface area (Å²) in [7, 11) is -3.19. The van der Waals surface area contributed by atoms with Gasteiger partial charge in [-0.2, -0.15) is 17.0 Å². The Morgan fingerprint density at radius 1 is 1.06 bits per heavy atom. The second-order valence-electron chi connectivity index (χ2n) is 4.68. The first-order valence-electron chi connectivity index (χ1n) is 6.09. The Balaban J connectivity index is 2.05. The van der Waals surface area contributed by atoms with Crippen LogP contribution in [0.5, 0.6) is 0 Å². The largest absolute Gasteiger partial charge is 0.312 e. The number of piperazine rings is 1. The number of piperidine rings is 1. The molecule has 0 aliphatic carbocycles. The molecule has 2 saturated heterocycles. The number of rotatable bonds is 2. The average molecular weight is 247 g/mol. The van der Waals surface area contributed by atoms with Crippen LogP contribution in [0.3, 0.4) is 0 Å². The first-order chi connectivity index (χ1) is 7.60. The van der Waals surface area contributed by atoms with Gasteiger partial charge in [-0.3, -0.25) is 0 Å². The van der Waals surface area contributed by atoms with E-state index in [9.17, 15) is 8.42 Å². The van der Waals surface area contributed by atoms with Gasteiger partial charge < -0.3 is 5.32 Å². The van der Waals surface area contributed by atoms with Gasteiger partial charge in [-0.25, -0.2) is 0 Å². The quantitative estimate of drug-likeness (QED) is 0.748. The SMILES string of the molecule is C[C@@H]1CN(S(=O)(=O)N2CCCCC2)CCN1. The topological polar surface area (TPSA) is 52.7 Å². The number of hydrogen-bond acceptors (Lipinski definition) is 3. The van der Waals surface area contributed by atoms with Crippen LogP contribution in [-0.2, 0) is 10.2 Å². The molecule has 0 unspecified atom stereocenters. The lowest BCUT2D eigenvalue weighted by molar-refractivity contribution is 0.266. The van der Waals surface area contributed by atoms with E-state index in [-0.39, 0.29) is 6.04 Å². The Kier molecular flexibility index (Phi) is 3.84. The molecular formula is C10H21N3O2S. The molecule has 0 aromatic carbocycles. The van der Waals surface area contributed by atoms with Crippen LogP contribution in [0, 0.1) is 0 Å². The zero-order chi connectivity index (χ0) is 11.6. The molecular weight excluding hydrogens is 226 g/mol. The molecule has 1 atom stereocenters. The second-order valence-corrected chi connectivity index (χ2v) is 6.61. The highest BCUT2D eigenvalue weighted by Gasteiger charge is 2.32. The number of nitrogens with zero attached hydrogens (tertiary/aromatic N) is 2. The third-order valence-electron chi connectivity index (χ3n) is 3.30. The number of hydrogen-bond donors (Lipinski definition) is 1. The van der Waals surface area contributed by atoms with Gasteiger partial charge in [0.25, 0.3) is 10.2 Å². The lowest BCUT2D eigenvalue weighted by Crippen LogP contribution is -2.55. The Morgan fingerprint density at radius 3 is 2.38 bits per heavy atom. The predicted octanol–water partition coefficient (Wildman–Crippen LogP) is 0.0108. The molecule has 94 valence electrons. The fraction of sp³-hybridized carbons (Fsp3) is 1.00. The van der Waals surface area contributed by atoms with Crippen LogP contribution in [0.2, 0.25) is 0 Å². The highest BCUT2D eigenvalue weighted by molar-refractivity contribution is 7.86. The Bertz CT molecular complexity index is 325. The minimum absolute atomic E-state index is 0.258. The molecule has 2 heterocycles. The van der Waals surface area contributed by atoms with Gasteiger partial charge in [-0.15, -0.1) is 0 Å². The standard InChI is InChI=1S/C10H21N3O2S/c1-10-9-13(8-5-11-10)16(14,15)12-6-3-2-4-7-12/h10-11H,2-9H2,1H3/t10-/m1/s1. The zero-order valence-corrected chi connectivity index (χ0v) is 10.7. The van der Waals surface area contributed by atoms with Crippen molar-refractivity contribution in [3.63, 3.8) is 0 Å². The summed E-state index contributed by atoms with van der Waals surface area (Å²) in [6.45, 7) is 5.37. The van der Waals surface area contributed by atoms with Gasteiger partial charge in [0, 0.05) is 38.8 Å². The third kappa shape index (κ3) is 2.56. The fourth-order valence-corrected chi connectivity index (χ4v) is 4.15. The molecule has 0 radical (unpaired) electrons.